The number of esters is 2. The van der Waals surface area contributed by atoms with Gasteiger partial charge in [-0.05, 0) is 43.4 Å². The lowest BCUT2D eigenvalue weighted by Crippen LogP contribution is -2.29. The standard InChI is InChI=1S/C83H122F2N2O13/c1-5-8-10-12-14-16-18-20-22-24-26-28-30-32-34-36-41-64(42-37-35-33-31-29-27-25-23-21-19-17-15-13-11-9-6-2)43-39-48-86-78-66(44-38-45-70(78)84)73(80(86)88)75-68-61-72-69(62-71(68)99-82(75)90)76(83(91)100-72)74-67-47-46-65(7-3)77(85)79(67)87(81(74)89)49-40-50-93-53-54-94-55-56-95-57-58-96-59-60-98-63-97-52-51-92-4/h7,38,44-47,61-62,64H,3,5-6,8-37,39-43,48-60,63H2,1-2,4H3/b75-73+,76-74+. The third-order valence-corrected chi connectivity index (χ3v) is 20.0. The Bertz CT molecular complexity index is 2980. The maximum Gasteiger partial charge on any atom is 0.345 e. The second-order valence-corrected chi connectivity index (χ2v) is 27.7. The predicted molar refractivity (Wildman–Crippen MR) is 397 cm³/mol. The van der Waals surface area contributed by atoms with Crippen LogP contribution in [0, 0.1) is 17.6 Å². The number of amides is 2. The van der Waals surface area contributed by atoms with E-state index >= 15 is 8.78 Å². The van der Waals surface area contributed by atoms with Gasteiger partial charge in [-0.2, -0.15) is 0 Å². The first-order chi connectivity index (χ1) is 49.1. The number of ether oxygens (including phenoxy) is 9. The van der Waals surface area contributed by atoms with Crippen LogP contribution in [0.3, 0.4) is 0 Å². The molecule has 4 aliphatic heterocycles. The summed E-state index contributed by atoms with van der Waals surface area (Å²) in [4.78, 5) is 60.7. The van der Waals surface area contributed by atoms with Crippen LogP contribution in [-0.2, 0) is 52.3 Å². The number of para-hydroxylation sites is 1. The van der Waals surface area contributed by atoms with Crippen LogP contribution in [0.25, 0.3) is 28.4 Å². The van der Waals surface area contributed by atoms with Gasteiger partial charge in [-0.15, -0.1) is 0 Å². The minimum Gasteiger partial charge on any atom is -0.422 e. The molecule has 7 rings (SSSR count). The van der Waals surface area contributed by atoms with Gasteiger partial charge in [0.25, 0.3) is 11.8 Å². The van der Waals surface area contributed by atoms with Crippen LogP contribution in [0.1, 0.15) is 279 Å². The Kier molecular flexibility index (Phi) is 39.4. The first kappa shape index (κ1) is 81.6. The summed E-state index contributed by atoms with van der Waals surface area (Å²) in [6, 6.07) is 10.5. The van der Waals surface area contributed by atoms with Gasteiger partial charge in [0.15, 0.2) is 5.82 Å². The van der Waals surface area contributed by atoms with Gasteiger partial charge in [0, 0.05) is 54.6 Å². The van der Waals surface area contributed by atoms with E-state index in [1.54, 1.807) is 19.2 Å². The number of rotatable bonds is 60. The zero-order valence-corrected chi connectivity index (χ0v) is 61.4. The number of methoxy groups -OCH3 is 1. The molecule has 0 bridgehead atoms. The van der Waals surface area contributed by atoms with Gasteiger partial charge < -0.3 is 52.4 Å². The average Bonchev–Trinajstić information content (AvgIpc) is 1.57. The van der Waals surface area contributed by atoms with E-state index in [0.29, 0.717) is 78.2 Å². The van der Waals surface area contributed by atoms with E-state index in [0.717, 1.165) is 19.3 Å². The molecule has 0 N–H and O–H groups in total. The molecule has 556 valence electrons. The Morgan fingerprint density at radius 1 is 0.410 bits per heavy atom. The van der Waals surface area contributed by atoms with Crippen LogP contribution in [0.2, 0.25) is 0 Å². The molecule has 0 saturated heterocycles. The third kappa shape index (κ3) is 26.2. The first-order valence-corrected chi connectivity index (χ1v) is 39.1. The fraction of sp³-hybridized carbons (Fsp3) is 0.663. The topological polar surface area (TPSA) is 158 Å². The van der Waals surface area contributed by atoms with E-state index in [1.165, 1.54) is 252 Å². The number of anilines is 2. The highest BCUT2D eigenvalue weighted by molar-refractivity contribution is 6.48. The van der Waals surface area contributed by atoms with Crippen LogP contribution >= 0.6 is 0 Å². The maximum absolute atomic E-state index is 16.4. The minimum absolute atomic E-state index is 0.00679. The van der Waals surface area contributed by atoms with Crippen molar-refractivity contribution in [2.75, 3.05) is 109 Å². The Balaban J connectivity index is 0.927. The van der Waals surface area contributed by atoms with E-state index < -0.39 is 35.4 Å². The van der Waals surface area contributed by atoms with Crippen LogP contribution in [0.4, 0.5) is 20.2 Å². The summed E-state index contributed by atoms with van der Waals surface area (Å²) in [6.07, 6.45) is 48.2. The van der Waals surface area contributed by atoms with Crippen molar-refractivity contribution >= 4 is 63.5 Å². The fourth-order valence-electron chi connectivity index (χ4n) is 14.4. The average molecular weight is 1390 g/mol. The van der Waals surface area contributed by atoms with Gasteiger partial charge in [-0.1, -0.05) is 269 Å². The number of unbranched alkanes of at least 4 members (excludes halogenated alkanes) is 30. The number of hydrogen-bond donors (Lipinski definition) is 0. The van der Waals surface area contributed by atoms with Crippen molar-refractivity contribution in [1.29, 1.82) is 0 Å². The van der Waals surface area contributed by atoms with Gasteiger partial charge in [0.2, 0.25) is 0 Å². The fourth-order valence-corrected chi connectivity index (χ4v) is 14.4. The zero-order valence-electron chi connectivity index (χ0n) is 61.4. The lowest BCUT2D eigenvalue weighted by atomic mass is 9.90. The Morgan fingerprint density at radius 3 is 1.21 bits per heavy atom. The monoisotopic (exact) mass is 1390 g/mol. The predicted octanol–water partition coefficient (Wildman–Crippen LogP) is 19.8. The van der Waals surface area contributed by atoms with Crippen molar-refractivity contribution in [1.82, 2.24) is 0 Å². The molecule has 4 aliphatic rings. The number of nitrogens with zero attached hydrogens (tertiary/aromatic N) is 2. The first-order valence-electron chi connectivity index (χ1n) is 39.1. The Hall–Kier alpha value is -5.66. The smallest absolute Gasteiger partial charge is 0.345 e. The van der Waals surface area contributed by atoms with Gasteiger partial charge in [-0.25, -0.2) is 18.4 Å². The molecule has 3 aromatic rings. The summed E-state index contributed by atoms with van der Waals surface area (Å²) < 4.78 is 82.5. The van der Waals surface area contributed by atoms with E-state index in [4.69, 9.17) is 42.6 Å². The highest BCUT2D eigenvalue weighted by Gasteiger charge is 2.46. The minimum atomic E-state index is -0.856. The summed E-state index contributed by atoms with van der Waals surface area (Å²) in [7, 11) is 1.61. The molecular weight excluding hydrogens is 1270 g/mol. The van der Waals surface area contributed by atoms with Crippen LogP contribution < -0.4 is 19.3 Å². The van der Waals surface area contributed by atoms with Crippen molar-refractivity contribution in [3.05, 3.63) is 88.5 Å². The normalized spacial score (nSPS) is 15.5. The lowest BCUT2D eigenvalue weighted by Gasteiger charge is -2.21. The summed E-state index contributed by atoms with van der Waals surface area (Å²) in [5.74, 6) is -3.48. The van der Waals surface area contributed by atoms with Crippen LogP contribution in [-0.4, -0.2) is 123 Å². The van der Waals surface area contributed by atoms with Crippen LogP contribution in [0.15, 0.2) is 49.0 Å². The third-order valence-electron chi connectivity index (χ3n) is 20.0. The maximum atomic E-state index is 16.4. The van der Waals surface area contributed by atoms with E-state index in [1.807, 2.05) is 0 Å². The molecule has 4 heterocycles. The van der Waals surface area contributed by atoms with E-state index in [2.05, 4.69) is 20.4 Å². The molecule has 0 aliphatic carbocycles. The van der Waals surface area contributed by atoms with Crippen molar-refractivity contribution < 1.29 is 70.6 Å². The number of fused-ring (bicyclic) bond motifs is 4. The van der Waals surface area contributed by atoms with Gasteiger partial charge >= 0.3 is 11.9 Å². The Morgan fingerprint density at radius 2 is 0.780 bits per heavy atom. The molecule has 0 fully saturated rings. The quantitative estimate of drug-likeness (QED) is 0.0173. The van der Waals surface area contributed by atoms with E-state index in [9.17, 15) is 19.2 Å². The van der Waals surface area contributed by atoms with Crippen LogP contribution in [0.5, 0.6) is 11.5 Å². The highest BCUT2D eigenvalue weighted by Crippen LogP contribution is 2.53. The number of benzene rings is 3. The summed E-state index contributed by atoms with van der Waals surface area (Å²) in [5.41, 5.74) is 0.886. The number of carbonyl (C=O) groups is 4. The number of hydrogen-bond acceptors (Lipinski definition) is 13. The molecule has 0 radical (unpaired) electrons. The Labute approximate surface area is 598 Å². The van der Waals surface area contributed by atoms with Gasteiger partial charge in [-0.3, -0.25) is 9.59 Å². The second-order valence-electron chi connectivity index (χ2n) is 27.7. The lowest BCUT2D eigenvalue weighted by molar-refractivity contribution is -0.127. The molecule has 0 aromatic heterocycles. The molecule has 100 heavy (non-hydrogen) atoms. The largest absolute Gasteiger partial charge is 0.422 e. The molecule has 17 heteroatoms. The molecule has 3 aromatic carbocycles. The molecule has 0 saturated carbocycles. The molecule has 2 amide bonds. The number of halogens is 2. The SMILES string of the molecule is C=Cc1ccc2c(c1F)N(CCCOCCOCCOCCOCCOCOCCOC)C(=O)/C2=C1/C(=O)Oc2cc3c(cc21)OC(=O)/C3=C1/C(=O)N(CCCC(CCCCCCCCCCCCCCCCCC)CCCCCCCCCCCCCCCCCC)c2c(F)cccc21. The zero-order chi connectivity index (χ0) is 70.8. The van der Waals surface area contributed by atoms with Gasteiger partial charge in [0.05, 0.1) is 99.7 Å². The summed E-state index contributed by atoms with van der Waals surface area (Å²) in [6.45, 7) is 13.0. The molecule has 0 unspecified atom stereocenters. The molecule has 0 atom stereocenters. The molecular formula is C83H122F2N2O13. The second kappa shape index (κ2) is 48.3. The summed E-state index contributed by atoms with van der Waals surface area (Å²) in [5, 5.41) is 0. The molecule has 0 spiro atoms. The van der Waals surface area contributed by atoms with E-state index in [-0.39, 0.29) is 106 Å². The van der Waals surface area contributed by atoms with Crippen molar-refractivity contribution in [2.45, 2.75) is 251 Å². The van der Waals surface area contributed by atoms with Gasteiger partial charge in [0.1, 0.15) is 24.1 Å². The van der Waals surface area contributed by atoms with Crippen molar-refractivity contribution in [3.8, 4) is 11.5 Å². The summed E-state index contributed by atoms with van der Waals surface area (Å²) >= 11 is 0. The number of carbonyl (C=O) groups excluding carboxylic acids is 4. The van der Waals surface area contributed by atoms with Crippen molar-refractivity contribution in [2.24, 2.45) is 5.92 Å². The molecule has 15 nitrogen and oxygen atoms in total. The van der Waals surface area contributed by atoms with Crippen molar-refractivity contribution in [3.63, 3.8) is 0 Å². The highest BCUT2D eigenvalue weighted by atomic mass is 19.1.